The number of unbranched alkanes of at least 4 members (excludes halogenated alkanes) is 1. The van der Waals surface area contributed by atoms with Crippen LogP contribution in [0.1, 0.15) is 56.7 Å². The molecule has 0 bridgehead atoms. The van der Waals surface area contributed by atoms with Crippen LogP contribution in [0.4, 0.5) is 4.39 Å². The first-order chi connectivity index (χ1) is 22.6. The van der Waals surface area contributed by atoms with Crippen LogP contribution < -0.4 is 14.2 Å². The van der Waals surface area contributed by atoms with Crippen LogP contribution in [0, 0.1) is 11.7 Å². The summed E-state index contributed by atoms with van der Waals surface area (Å²) in [5.41, 5.74) is 3.88. The molecule has 1 aromatic heterocycles. The van der Waals surface area contributed by atoms with Crippen LogP contribution in [-0.2, 0) is 17.6 Å². The van der Waals surface area contributed by atoms with E-state index in [9.17, 15) is 4.39 Å². The summed E-state index contributed by atoms with van der Waals surface area (Å²) in [6.07, 6.45) is 8.00. The topological polar surface area (TPSA) is 65.9 Å². The number of morpholine rings is 1. The van der Waals surface area contributed by atoms with Gasteiger partial charge in [-0.05, 0) is 91.8 Å². The Morgan fingerprint density at radius 2 is 1.63 bits per heavy atom. The first-order valence-electron chi connectivity index (χ1n) is 16.8. The molecular formula is C38H48FN3O4. The Kier molecular flexibility index (Phi) is 12.6. The van der Waals surface area contributed by atoms with E-state index in [0.29, 0.717) is 18.3 Å². The number of halogens is 1. The number of aromatic nitrogens is 2. The second-order valence-corrected chi connectivity index (χ2v) is 12.2. The van der Waals surface area contributed by atoms with Crippen LogP contribution in [0.15, 0.2) is 60.7 Å². The lowest BCUT2D eigenvalue weighted by atomic mass is 9.90. The Balaban J connectivity index is 1.16. The standard InChI is InChI=1S/C38H48FN3O4/c1-4-8-28(9-5-6-10-29-11-18-37(35(39)25-29)46-22-7-19-42-20-23-45-24-21-42)26-36-34-27-32(44-3)16-17-33(34)38(41-40-36)30-12-14-31(43-2)15-13-30/h11-18,25,27-28H,4-10,19-24,26H2,1-3H3. The van der Waals surface area contributed by atoms with E-state index in [1.54, 1.807) is 26.4 Å². The molecule has 0 N–H and O–H groups in total. The molecule has 1 saturated heterocycles. The van der Waals surface area contributed by atoms with Gasteiger partial charge in [0.2, 0.25) is 0 Å². The average Bonchev–Trinajstić information content (AvgIpc) is 3.09. The molecule has 0 saturated carbocycles. The third-order valence-corrected chi connectivity index (χ3v) is 8.91. The van der Waals surface area contributed by atoms with Crippen LogP contribution in [-0.4, -0.2) is 68.8 Å². The van der Waals surface area contributed by atoms with Crippen LogP contribution >= 0.6 is 0 Å². The number of methoxy groups -OCH3 is 2. The van der Waals surface area contributed by atoms with Crippen molar-refractivity contribution in [2.75, 3.05) is 53.7 Å². The minimum atomic E-state index is -0.272. The molecular weight excluding hydrogens is 581 g/mol. The van der Waals surface area contributed by atoms with E-state index in [2.05, 4.69) is 24.0 Å². The van der Waals surface area contributed by atoms with Crippen molar-refractivity contribution in [1.29, 1.82) is 0 Å². The first-order valence-corrected chi connectivity index (χ1v) is 16.8. The van der Waals surface area contributed by atoms with E-state index in [0.717, 1.165) is 129 Å². The maximum Gasteiger partial charge on any atom is 0.165 e. The van der Waals surface area contributed by atoms with E-state index in [1.807, 2.05) is 36.4 Å². The number of nitrogens with zero attached hydrogens (tertiary/aromatic N) is 3. The van der Waals surface area contributed by atoms with Crippen molar-refractivity contribution in [2.45, 2.75) is 58.3 Å². The second-order valence-electron chi connectivity index (χ2n) is 12.2. The zero-order chi connectivity index (χ0) is 32.1. The lowest BCUT2D eigenvalue weighted by molar-refractivity contribution is 0.0357. The zero-order valence-electron chi connectivity index (χ0n) is 27.6. The lowest BCUT2D eigenvalue weighted by Crippen LogP contribution is -2.37. The van der Waals surface area contributed by atoms with Gasteiger partial charge < -0.3 is 18.9 Å². The van der Waals surface area contributed by atoms with E-state index >= 15 is 0 Å². The molecule has 0 amide bonds. The third kappa shape index (κ3) is 9.17. The van der Waals surface area contributed by atoms with Crippen molar-refractivity contribution in [3.05, 3.63) is 77.7 Å². The highest BCUT2D eigenvalue weighted by atomic mass is 19.1. The molecule has 5 rings (SSSR count). The van der Waals surface area contributed by atoms with Gasteiger partial charge in [-0.25, -0.2) is 4.39 Å². The molecule has 1 unspecified atom stereocenters. The Hall–Kier alpha value is -3.75. The van der Waals surface area contributed by atoms with Gasteiger partial charge in [-0.15, -0.1) is 5.10 Å². The molecule has 246 valence electrons. The second kappa shape index (κ2) is 17.2. The molecule has 7 nitrogen and oxygen atoms in total. The van der Waals surface area contributed by atoms with Crippen molar-refractivity contribution in [2.24, 2.45) is 5.92 Å². The predicted octanol–water partition coefficient (Wildman–Crippen LogP) is 7.93. The predicted molar refractivity (Wildman–Crippen MR) is 182 cm³/mol. The van der Waals surface area contributed by atoms with Gasteiger partial charge in [0.05, 0.1) is 39.7 Å². The first kappa shape index (κ1) is 33.6. The number of hydrogen-bond acceptors (Lipinski definition) is 7. The van der Waals surface area contributed by atoms with Gasteiger partial charge in [-0.3, -0.25) is 4.90 Å². The number of hydrogen-bond donors (Lipinski definition) is 0. The maximum atomic E-state index is 14.8. The molecule has 46 heavy (non-hydrogen) atoms. The van der Waals surface area contributed by atoms with Gasteiger partial charge in [-0.1, -0.05) is 38.7 Å². The zero-order valence-corrected chi connectivity index (χ0v) is 27.6. The highest BCUT2D eigenvalue weighted by molar-refractivity contribution is 5.96. The van der Waals surface area contributed by atoms with Crippen LogP contribution in [0.3, 0.4) is 0 Å². The summed E-state index contributed by atoms with van der Waals surface area (Å²) >= 11 is 0. The maximum absolute atomic E-state index is 14.8. The summed E-state index contributed by atoms with van der Waals surface area (Å²) in [7, 11) is 3.36. The van der Waals surface area contributed by atoms with E-state index in [4.69, 9.17) is 29.1 Å². The summed E-state index contributed by atoms with van der Waals surface area (Å²) in [5.74, 6) is 2.18. The van der Waals surface area contributed by atoms with Gasteiger partial charge in [0, 0.05) is 36.0 Å². The molecule has 2 heterocycles. The Morgan fingerprint density at radius 3 is 2.37 bits per heavy atom. The van der Waals surface area contributed by atoms with Crippen molar-refractivity contribution < 1.29 is 23.3 Å². The van der Waals surface area contributed by atoms with E-state index in [1.165, 1.54) is 0 Å². The van der Waals surface area contributed by atoms with E-state index < -0.39 is 0 Å². The van der Waals surface area contributed by atoms with Crippen molar-refractivity contribution in [3.63, 3.8) is 0 Å². The molecule has 1 aliphatic rings. The third-order valence-electron chi connectivity index (χ3n) is 8.91. The van der Waals surface area contributed by atoms with Gasteiger partial charge in [0.15, 0.2) is 11.6 Å². The summed E-state index contributed by atoms with van der Waals surface area (Å²) in [6, 6.07) is 19.5. The Bertz CT molecular complexity index is 1520. The number of fused-ring (bicyclic) bond motifs is 1. The minimum Gasteiger partial charge on any atom is -0.497 e. The van der Waals surface area contributed by atoms with E-state index in [-0.39, 0.29) is 5.82 Å². The molecule has 4 aromatic rings. The SMILES string of the molecule is CCCC(CCCCc1ccc(OCCCN2CCOCC2)c(F)c1)Cc1nnc(-c2ccc(OC)cc2)c2ccc(OC)cc12. The van der Waals surface area contributed by atoms with Crippen LogP contribution in [0.5, 0.6) is 17.2 Å². The molecule has 8 heteroatoms. The fourth-order valence-corrected chi connectivity index (χ4v) is 6.33. The highest BCUT2D eigenvalue weighted by Gasteiger charge is 2.17. The number of ether oxygens (including phenoxy) is 4. The summed E-state index contributed by atoms with van der Waals surface area (Å²) in [6.45, 7) is 7.20. The molecule has 0 radical (unpaired) electrons. The quantitative estimate of drug-likeness (QED) is 0.110. The number of benzene rings is 3. The Morgan fingerprint density at radius 1 is 0.848 bits per heavy atom. The largest absolute Gasteiger partial charge is 0.497 e. The Labute approximate surface area is 273 Å². The van der Waals surface area contributed by atoms with Crippen LogP contribution in [0.25, 0.3) is 22.0 Å². The lowest BCUT2D eigenvalue weighted by Gasteiger charge is -2.26. The number of rotatable bonds is 17. The summed E-state index contributed by atoms with van der Waals surface area (Å²) in [4.78, 5) is 2.36. The number of aryl methyl sites for hydroxylation is 1. The fraction of sp³-hybridized carbons (Fsp3) is 0.474. The van der Waals surface area contributed by atoms with Crippen molar-refractivity contribution in [3.8, 4) is 28.5 Å². The normalized spacial score (nSPS) is 14.3. The van der Waals surface area contributed by atoms with Crippen LogP contribution in [0.2, 0.25) is 0 Å². The molecule has 0 spiro atoms. The summed E-state index contributed by atoms with van der Waals surface area (Å²) < 4.78 is 36.9. The van der Waals surface area contributed by atoms with Crippen molar-refractivity contribution >= 4 is 10.8 Å². The monoisotopic (exact) mass is 629 g/mol. The van der Waals surface area contributed by atoms with Gasteiger partial charge >= 0.3 is 0 Å². The molecule has 1 atom stereocenters. The molecule has 3 aromatic carbocycles. The minimum absolute atomic E-state index is 0.272. The summed E-state index contributed by atoms with van der Waals surface area (Å²) in [5, 5.41) is 11.6. The molecule has 1 fully saturated rings. The molecule has 0 aliphatic carbocycles. The highest BCUT2D eigenvalue weighted by Crippen LogP contribution is 2.33. The molecule has 1 aliphatic heterocycles. The van der Waals surface area contributed by atoms with Crippen molar-refractivity contribution in [1.82, 2.24) is 15.1 Å². The van der Waals surface area contributed by atoms with Gasteiger partial charge in [0.25, 0.3) is 0 Å². The fourth-order valence-electron chi connectivity index (χ4n) is 6.33. The average molecular weight is 630 g/mol. The smallest absolute Gasteiger partial charge is 0.165 e. The van der Waals surface area contributed by atoms with Gasteiger partial charge in [0.1, 0.15) is 17.2 Å². The van der Waals surface area contributed by atoms with Gasteiger partial charge in [-0.2, -0.15) is 5.10 Å².